The SMILES string of the molecule is CCC(CC)C(C)NCC(C)C(N)=NO. The van der Waals surface area contributed by atoms with Crippen LogP contribution in [0.2, 0.25) is 0 Å². The molecule has 4 nitrogen and oxygen atoms in total. The van der Waals surface area contributed by atoms with Crippen molar-refractivity contribution in [2.75, 3.05) is 6.54 Å². The first kappa shape index (κ1) is 14.2. The fourth-order valence-corrected chi connectivity index (χ4v) is 1.73. The Hall–Kier alpha value is -0.770. The van der Waals surface area contributed by atoms with Gasteiger partial charge in [-0.15, -0.1) is 0 Å². The molecule has 0 aliphatic carbocycles. The van der Waals surface area contributed by atoms with Gasteiger partial charge in [-0.2, -0.15) is 0 Å². The Labute approximate surface area is 92.9 Å². The van der Waals surface area contributed by atoms with Crippen LogP contribution >= 0.6 is 0 Å². The molecule has 2 unspecified atom stereocenters. The molecular formula is C11H25N3O. The second-order valence-corrected chi connectivity index (χ2v) is 4.20. The Morgan fingerprint density at radius 1 is 1.33 bits per heavy atom. The van der Waals surface area contributed by atoms with Gasteiger partial charge < -0.3 is 16.3 Å². The molecule has 0 aromatic heterocycles. The molecule has 90 valence electrons. The van der Waals surface area contributed by atoms with Gasteiger partial charge in [0.1, 0.15) is 5.84 Å². The second kappa shape index (κ2) is 7.51. The van der Waals surface area contributed by atoms with Crippen molar-refractivity contribution in [1.29, 1.82) is 0 Å². The molecule has 0 aliphatic heterocycles. The molecule has 0 amide bonds. The highest BCUT2D eigenvalue weighted by atomic mass is 16.4. The van der Waals surface area contributed by atoms with Crippen molar-refractivity contribution in [2.45, 2.75) is 46.6 Å². The van der Waals surface area contributed by atoms with Crippen molar-refractivity contribution in [1.82, 2.24) is 5.32 Å². The van der Waals surface area contributed by atoms with Gasteiger partial charge in [0.15, 0.2) is 0 Å². The predicted molar refractivity (Wildman–Crippen MR) is 64.1 cm³/mol. The largest absolute Gasteiger partial charge is 0.409 e. The zero-order valence-electron chi connectivity index (χ0n) is 10.3. The van der Waals surface area contributed by atoms with Gasteiger partial charge >= 0.3 is 0 Å². The van der Waals surface area contributed by atoms with E-state index in [0.717, 1.165) is 6.54 Å². The summed E-state index contributed by atoms with van der Waals surface area (Å²) in [5, 5.41) is 14.9. The van der Waals surface area contributed by atoms with Gasteiger partial charge in [-0.1, -0.05) is 38.8 Å². The highest BCUT2D eigenvalue weighted by Crippen LogP contribution is 2.12. The molecule has 0 heterocycles. The van der Waals surface area contributed by atoms with Crippen LogP contribution in [0, 0.1) is 11.8 Å². The van der Waals surface area contributed by atoms with Crippen LogP contribution in [-0.4, -0.2) is 23.6 Å². The Morgan fingerprint density at radius 3 is 2.27 bits per heavy atom. The number of nitrogens with two attached hydrogens (primary N) is 1. The lowest BCUT2D eigenvalue weighted by Crippen LogP contribution is -2.39. The third-order valence-corrected chi connectivity index (χ3v) is 3.12. The van der Waals surface area contributed by atoms with Crippen molar-refractivity contribution in [3.63, 3.8) is 0 Å². The number of nitrogens with zero attached hydrogens (tertiary/aromatic N) is 1. The Kier molecular flexibility index (Phi) is 7.13. The Bertz CT molecular complexity index is 190. The fraction of sp³-hybridized carbons (Fsp3) is 0.909. The summed E-state index contributed by atoms with van der Waals surface area (Å²) in [6.45, 7) is 9.31. The van der Waals surface area contributed by atoms with Crippen LogP contribution in [0.1, 0.15) is 40.5 Å². The first-order valence-electron chi connectivity index (χ1n) is 5.77. The average molecular weight is 215 g/mol. The van der Waals surface area contributed by atoms with E-state index in [1.165, 1.54) is 12.8 Å². The minimum absolute atomic E-state index is 0.0758. The lowest BCUT2D eigenvalue weighted by molar-refractivity contribution is 0.311. The lowest BCUT2D eigenvalue weighted by Gasteiger charge is -2.24. The third kappa shape index (κ3) is 5.02. The quantitative estimate of drug-likeness (QED) is 0.262. The number of hydrogen-bond donors (Lipinski definition) is 3. The molecule has 0 radical (unpaired) electrons. The average Bonchev–Trinajstić information content (AvgIpc) is 2.26. The monoisotopic (exact) mass is 215 g/mol. The fourth-order valence-electron chi connectivity index (χ4n) is 1.73. The van der Waals surface area contributed by atoms with E-state index in [9.17, 15) is 0 Å². The Balaban J connectivity index is 3.94. The van der Waals surface area contributed by atoms with Gasteiger partial charge in [0.2, 0.25) is 0 Å². The molecule has 4 heteroatoms. The first-order chi connectivity index (χ1) is 7.06. The van der Waals surface area contributed by atoms with Crippen molar-refractivity contribution < 1.29 is 5.21 Å². The normalized spacial score (nSPS) is 16.7. The second-order valence-electron chi connectivity index (χ2n) is 4.20. The molecule has 0 aromatic carbocycles. The molecular weight excluding hydrogens is 190 g/mol. The van der Waals surface area contributed by atoms with Crippen molar-refractivity contribution in [2.24, 2.45) is 22.7 Å². The van der Waals surface area contributed by atoms with Crippen molar-refractivity contribution >= 4 is 5.84 Å². The zero-order valence-corrected chi connectivity index (χ0v) is 10.3. The molecule has 0 rings (SSSR count). The van der Waals surface area contributed by atoms with Gasteiger partial charge in [0, 0.05) is 18.5 Å². The van der Waals surface area contributed by atoms with Gasteiger partial charge in [-0.3, -0.25) is 0 Å². The summed E-state index contributed by atoms with van der Waals surface area (Å²) in [6.07, 6.45) is 2.37. The number of rotatable bonds is 7. The molecule has 0 fully saturated rings. The summed E-state index contributed by atoms with van der Waals surface area (Å²) in [6, 6.07) is 0.481. The number of amidine groups is 1. The molecule has 4 N–H and O–H groups in total. The highest BCUT2D eigenvalue weighted by molar-refractivity contribution is 5.82. The van der Waals surface area contributed by atoms with E-state index >= 15 is 0 Å². The maximum atomic E-state index is 8.51. The minimum Gasteiger partial charge on any atom is -0.409 e. The van der Waals surface area contributed by atoms with Crippen molar-refractivity contribution in [3.05, 3.63) is 0 Å². The van der Waals surface area contributed by atoms with Crippen LogP contribution < -0.4 is 11.1 Å². The van der Waals surface area contributed by atoms with Crippen LogP contribution in [0.15, 0.2) is 5.16 Å². The van der Waals surface area contributed by atoms with E-state index < -0.39 is 0 Å². The molecule has 0 spiro atoms. The van der Waals surface area contributed by atoms with Gasteiger partial charge in [-0.05, 0) is 12.8 Å². The molecule has 2 atom stereocenters. The molecule has 0 aliphatic rings. The van der Waals surface area contributed by atoms with E-state index in [1.54, 1.807) is 0 Å². The molecule has 0 saturated carbocycles. The van der Waals surface area contributed by atoms with Gasteiger partial charge in [-0.25, -0.2) is 0 Å². The number of hydrogen-bond acceptors (Lipinski definition) is 3. The standard InChI is InChI=1S/C11H25N3O/c1-5-10(6-2)9(4)13-7-8(3)11(12)14-15/h8-10,13,15H,5-7H2,1-4H3,(H2,12,14). The topological polar surface area (TPSA) is 70.6 Å². The summed E-state index contributed by atoms with van der Waals surface area (Å²) in [5.74, 6) is 1.07. The third-order valence-electron chi connectivity index (χ3n) is 3.12. The number of nitrogens with one attached hydrogen (secondary N) is 1. The van der Waals surface area contributed by atoms with Crippen LogP contribution in [0.5, 0.6) is 0 Å². The minimum atomic E-state index is 0.0758. The summed E-state index contributed by atoms with van der Waals surface area (Å²) >= 11 is 0. The summed E-state index contributed by atoms with van der Waals surface area (Å²) in [4.78, 5) is 0. The van der Waals surface area contributed by atoms with Crippen LogP contribution in [0.25, 0.3) is 0 Å². The van der Waals surface area contributed by atoms with E-state index in [2.05, 4.69) is 31.2 Å². The predicted octanol–water partition coefficient (Wildman–Crippen LogP) is 1.78. The van der Waals surface area contributed by atoms with Crippen molar-refractivity contribution in [3.8, 4) is 0 Å². The van der Waals surface area contributed by atoms with Gasteiger partial charge in [0.25, 0.3) is 0 Å². The van der Waals surface area contributed by atoms with Crippen LogP contribution in [0.3, 0.4) is 0 Å². The Morgan fingerprint density at radius 2 is 1.87 bits per heavy atom. The van der Waals surface area contributed by atoms with E-state index in [-0.39, 0.29) is 5.92 Å². The first-order valence-corrected chi connectivity index (χ1v) is 5.77. The molecule has 0 aromatic rings. The highest BCUT2D eigenvalue weighted by Gasteiger charge is 2.15. The number of oxime groups is 1. The van der Waals surface area contributed by atoms with E-state index in [0.29, 0.717) is 17.8 Å². The summed E-state index contributed by atoms with van der Waals surface area (Å²) in [7, 11) is 0. The molecule has 0 bridgehead atoms. The summed E-state index contributed by atoms with van der Waals surface area (Å²) in [5.41, 5.74) is 5.50. The van der Waals surface area contributed by atoms with Crippen LogP contribution in [0.4, 0.5) is 0 Å². The van der Waals surface area contributed by atoms with Gasteiger partial charge in [0.05, 0.1) is 0 Å². The maximum absolute atomic E-state index is 8.51. The summed E-state index contributed by atoms with van der Waals surface area (Å²) < 4.78 is 0. The molecule has 15 heavy (non-hydrogen) atoms. The molecule has 0 saturated heterocycles. The van der Waals surface area contributed by atoms with E-state index in [1.807, 2.05) is 6.92 Å². The van der Waals surface area contributed by atoms with Crippen LogP contribution in [-0.2, 0) is 0 Å². The van der Waals surface area contributed by atoms with E-state index in [4.69, 9.17) is 10.9 Å². The zero-order chi connectivity index (χ0) is 11.8. The maximum Gasteiger partial charge on any atom is 0.143 e. The lowest BCUT2D eigenvalue weighted by atomic mass is 9.95. The smallest absolute Gasteiger partial charge is 0.143 e.